The number of nitrogens with zero attached hydrogens (tertiary/aromatic N) is 2. The first kappa shape index (κ1) is 16.6. The highest BCUT2D eigenvalue weighted by Crippen LogP contribution is 2.40. The maximum atomic E-state index is 12.7. The van der Waals surface area contributed by atoms with Crippen LogP contribution in [-0.4, -0.2) is 33.0 Å². The summed E-state index contributed by atoms with van der Waals surface area (Å²) in [6, 6.07) is 12.4. The SMILES string of the molecule is CCCN(C)c1ccc2c(c1)-c1cc(N(C)CCC)ccc1C2=O. The number of hydrogen-bond donors (Lipinski definition) is 0. The van der Waals surface area contributed by atoms with Gasteiger partial charge in [-0.15, -0.1) is 0 Å². The Hall–Kier alpha value is -2.29. The minimum Gasteiger partial charge on any atom is -0.375 e. The van der Waals surface area contributed by atoms with Crippen molar-refractivity contribution in [3.8, 4) is 11.1 Å². The molecule has 2 aromatic carbocycles. The van der Waals surface area contributed by atoms with Gasteiger partial charge in [-0.3, -0.25) is 4.79 Å². The first-order valence-electron chi connectivity index (χ1n) is 8.82. The molecule has 1 aliphatic carbocycles. The number of hydrogen-bond acceptors (Lipinski definition) is 3. The molecular formula is C21H26N2O. The van der Waals surface area contributed by atoms with Crippen LogP contribution in [0, 0.1) is 0 Å². The molecule has 0 heterocycles. The fourth-order valence-electron chi connectivity index (χ4n) is 3.46. The molecule has 3 heteroatoms. The molecule has 126 valence electrons. The number of ketones is 1. The lowest BCUT2D eigenvalue weighted by atomic mass is 10.0. The third kappa shape index (κ3) is 2.79. The van der Waals surface area contributed by atoms with Crippen molar-refractivity contribution >= 4 is 17.2 Å². The normalized spacial score (nSPS) is 12.1. The Bertz CT molecular complexity index is 703. The smallest absolute Gasteiger partial charge is 0.194 e. The van der Waals surface area contributed by atoms with Gasteiger partial charge in [0.1, 0.15) is 0 Å². The molecule has 1 aliphatic rings. The van der Waals surface area contributed by atoms with Crippen molar-refractivity contribution in [2.75, 3.05) is 37.0 Å². The maximum Gasteiger partial charge on any atom is 0.194 e. The first-order chi connectivity index (χ1) is 11.6. The van der Waals surface area contributed by atoms with Crippen LogP contribution < -0.4 is 9.80 Å². The average molecular weight is 322 g/mol. The average Bonchev–Trinajstić information content (AvgIpc) is 2.87. The summed E-state index contributed by atoms with van der Waals surface area (Å²) in [5.41, 5.74) is 6.14. The molecule has 0 spiro atoms. The molecule has 0 aliphatic heterocycles. The summed E-state index contributed by atoms with van der Waals surface area (Å²) >= 11 is 0. The summed E-state index contributed by atoms with van der Waals surface area (Å²) in [5.74, 6) is 0.148. The minimum absolute atomic E-state index is 0.148. The molecule has 0 atom stereocenters. The van der Waals surface area contributed by atoms with E-state index in [2.05, 4.69) is 62.0 Å². The molecule has 0 radical (unpaired) electrons. The summed E-state index contributed by atoms with van der Waals surface area (Å²) in [7, 11) is 4.21. The zero-order valence-electron chi connectivity index (χ0n) is 15.1. The van der Waals surface area contributed by atoms with Gasteiger partial charge in [0, 0.05) is 49.7 Å². The Balaban J connectivity index is 2.05. The summed E-state index contributed by atoms with van der Waals surface area (Å²) in [6.45, 7) is 6.38. The van der Waals surface area contributed by atoms with Gasteiger partial charge >= 0.3 is 0 Å². The van der Waals surface area contributed by atoms with Crippen LogP contribution in [0.4, 0.5) is 11.4 Å². The van der Waals surface area contributed by atoms with Gasteiger partial charge in [0.25, 0.3) is 0 Å². The van der Waals surface area contributed by atoms with Crippen molar-refractivity contribution in [2.24, 2.45) is 0 Å². The summed E-state index contributed by atoms with van der Waals surface area (Å²) in [5, 5.41) is 0. The third-order valence-electron chi connectivity index (χ3n) is 4.79. The van der Waals surface area contributed by atoms with E-state index in [4.69, 9.17) is 0 Å². The Morgan fingerprint density at radius 3 is 1.50 bits per heavy atom. The van der Waals surface area contributed by atoms with Crippen molar-refractivity contribution in [1.29, 1.82) is 0 Å². The number of rotatable bonds is 6. The van der Waals surface area contributed by atoms with Gasteiger partial charge in [0.15, 0.2) is 5.78 Å². The topological polar surface area (TPSA) is 23.6 Å². The summed E-state index contributed by atoms with van der Waals surface area (Å²) in [4.78, 5) is 17.2. The molecule has 0 aromatic heterocycles. The van der Waals surface area contributed by atoms with Crippen LogP contribution in [0.2, 0.25) is 0 Å². The highest BCUT2D eigenvalue weighted by atomic mass is 16.1. The second-order valence-electron chi connectivity index (χ2n) is 6.63. The molecule has 2 aromatic rings. The zero-order chi connectivity index (χ0) is 17.3. The van der Waals surface area contributed by atoms with E-state index in [0.29, 0.717) is 0 Å². The lowest BCUT2D eigenvalue weighted by molar-refractivity contribution is 0.104. The quantitative estimate of drug-likeness (QED) is 0.663. The number of carbonyl (C=O) groups is 1. The lowest BCUT2D eigenvalue weighted by Gasteiger charge is -2.20. The van der Waals surface area contributed by atoms with Gasteiger partial charge < -0.3 is 9.80 Å². The van der Waals surface area contributed by atoms with Crippen LogP contribution in [0.5, 0.6) is 0 Å². The molecule has 24 heavy (non-hydrogen) atoms. The highest BCUT2D eigenvalue weighted by Gasteiger charge is 2.27. The van der Waals surface area contributed by atoms with Crippen molar-refractivity contribution in [1.82, 2.24) is 0 Å². The monoisotopic (exact) mass is 322 g/mol. The van der Waals surface area contributed by atoms with Gasteiger partial charge in [0.2, 0.25) is 0 Å². The molecule has 0 unspecified atom stereocenters. The van der Waals surface area contributed by atoms with Crippen molar-refractivity contribution < 1.29 is 4.79 Å². The van der Waals surface area contributed by atoms with E-state index in [1.54, 1.807) is 0 Å². The number of fused-ring (bicyclic) bond motifs is 3. The van der Waals surface area contributed by atoms with Gasteiger partial charge in [-0.1, -0.05) is 13.8 Å². The Labute approximate surface area is 144 Å². The number of carbonyl (C=O) groups excluding carboxylic acids is 1. The summed E-state index contributed by atoms with van der Waals surface area (Å²) in [6.07, 6.45) is 2.21. The van der Waals surface area contributed by atoms with Crippen molar-refractivity contribution in [2.45, 2.75) is 26.7 Å². The maximum absolute atomic E-state index is 12.7. The molecule has 3 nitrogen and oxygen atoms in total. The van der Waals surface area contributed by atoms with Gasteiger partial charge in [-0.25, -0.2) is 0 Å². The van der Waals surface area contributed by atoms with Crippen LogP contribution >= 0.6 is 0 Å². The van der Waals surface area contributed by atoms with E-state index < -0.39 is 0 Å². The molecule has 0 saturated carbocycles. The fourth-order valence-corrected chi connectivity index (χ4v) is 3.46. The zero-order valence-corrected chi connectivity index (χ0v) is 15.1. The van der Waals surface area contributed by atoms with Crippen LogP contribution in [0.15, 0.2) is 36.4 Å². The van der Waals surface area contributed by atoms with E-state index in [-0.39, 0.29) is 5.78 Å². The molecule has 3 rings (SSSR count). The molecule has 0 bridgehead atoms. The number of benzene rings is 2. The van der Waals surface area contributed by atoms with Crippen LogP contribution in [0.3, 0.4) is 0 Å². The van der Waals surface area contributed by atoms with Crippen LogP contribution in [0.1, 0.15) is 42.6 Å². The van der Waals surface area contributed by atoms with E-state index in [9.17, 15) is 4.79 Å². The minimum atomic E-state index is 0.148. The standard InChI is InChI=1S/C21H26N2O/c1-5-11-22(3)15-7-9-17-19(13-15)20-14-16(23(4)12-6-2)8-10-18(20)21(17)24/h7-10,13-14H,5-6,11-12H2,1-4H3. The number of anilines is 2. The predicted octanol–water partition coefficient (Wildman–Crippen LogP) is 4.59. The Morgan fingerprint density at radius 2 is 1.12 bits per heavy atom. The van der Waals surface area contributed by atoms with Crippen molar-refractivity contribution in [3.05, 3.63) is 47.5 Å². The van der Waals surface area contributed by atoms with Crippen molar-refractivity contribution in [3.63, 3.8) is 0 Å². The van der Waals surface area contributed by atoms with Gasteiger partial charge in [-0.05, 0) is 60.4 Å². The predicted molar refractivity (Wildman–Crippen MR) is 102 cm³/mol. The Morgan fingerprint density at radius 1 is 0.708 bits per heavy atom. The lowest BCUT2D eigenvalue weighted by Crippen LogP contribution is -2.17. The van der Waals surface area contributed by atoms with Gasteiger partial charge in [0.05, 0.1) is 0 Å². The third-order valence-corrected chi connectivity index (χ3v) is 4.79. The molecular weight excluding hydrogens is 296 g/mol. The van der Waals surface area contributed by atoms with E-state index in [1.807, 2.05) is 12.1 Å². The Kier molecular flexibility index (Phi) is 4.61. The van der Waals surface area contributed by atoms with E-state index in [0.717, 1.165) is 48.2 Å². The molecule has 0 N–H and O–H groups in total. The second-order valence-corrected chi connectivity index (χ2v) is 6.63. The second kappa shape index (κ2) is 6.68. The van der Waals surface area contributed by atoms with E-state index in [1.165, 1.54) is 11.4 Å². The molecule has 0 fully saturated rings. The van der Waals surface area contributed by atoms with Crippen LogP contribution in [0.25, 0.3) is 11.1 Å². The van der Waals surface area contributed by atoms with Gasteiger partial charge in [-0.2, -0.15) is 0 Å². The van der Waals surface area contributed by atoms with E-state index >= 15 is 0 Å². The first-order valence-corrected chi connectivity index (χ1v) is 8.82. The van der Waals surface area contributed by atoms with Crippen LogP contribution in [-0.2, 0) is 0 Å². The highest BCUT2D eigenvalue weighted by molar-refractivity contribution is 6.22. The molecule has 0 saturated heterocycles. The summed E-state index contributed by atoms with van der Waals surface area (Å²) < 4.78 is 0. The largest absolute Gasteiger partial charge is 0.375 e. The fraction of sp³-hybridized carbons (Fsp3) is 0.381. The molecule has 0 amide bonds.